The average molecular weight is 888 g/mol. The first-order valence-corrected chi connectivity index (χ1v) is 23.8. The number of aliphatic imine (C=N–C) groups is 2. The molecule has 2 amide bonds. The van der Waals surface area contributed by atoms with Crippen LogP contribution in [0.25, 0.3) is 24.3 Å². The number of amides is 2. The molecule has 8 heterocycles. The molecule has 13 heteroatoms. The summed E-state index contributed by atoms with van der Waals surface area (Å²) < 4.78 is 0. The number of aromatic nitrogens is 7. The van der Waals surface area contributed by atoms with Crippen LogP contribution < -0.4 is 21.3 Å². The zero-order valence-electron chi connectivity index (χ0n) is 39.9. The second kappa shape index (κ2) is 20.2. The summed E-state index contributed by atoms with van der Waals surface area (Å²) in [6, 6.07) is 0. The number of nitrogens with one attached hydrogen (secondary N) is 7. The summed E-state index contributed by atoms with van der Waals surface area (Å²) in [5.41, 5.74) is 21.9. The second-order valence-electron chi connectivity index (χ2n) is 17.6. The van der Waals surface area contributed by atoms with Crippen LogP contribution in [0.1, 0.15) is 135 Å². The monoisotopic (exact) mass is 888 g/mol. The molecule has 344 valence electrons. The highest BCUT2D eigenvalue weighted by Crippen LogP contribution is 2.35. The van der Waals surface area contributed by atoms with Crippen LogP contribution in [0.5, 0.6) is 0 Å². The highest BCUT2D eigenvalue weighted by Gasteiger charge is 2.25. The Hall–Kier alpha value is -6.76. The van der Waals surface area contributed by atoms with Gasteiger partial charge in [0.15, 0.2) is 0 Å². The Morgan fingerprint density at radius 2 is 0.985 bits per heavy atom. The van der Waals surface area contributed by atoms with Crippen molar-refractivity contribution >= 4 is 47.5 Å². The zero-order chi connectivity index (χ0) is 46.5. The molecule has 0 radical (unpaired) electrons. The first-order chi connectivity index (χ1) is 32.0. The summed E-state index contributed by atoms with van der Waals surface area (Å²) in [5.74, 6) is 0.0123. The first-order valence-electron chi connectivity index (χ1n) is 23.8. The van der Waals surface area contributed by atoms with Crippen LogP contribution in [0.4, 0.5) is 0 Å². The molecule has 0 saturated carbocycles. The van der Waals surface area contributed by atoms with Crippen molar-refractivity contribution in [1.82, 2.24) is 45.5 Å². The van der Waals surface area contributed by atoms with Gasteiger partial charge in [-0.05, 0) is 146 Å². The van der Waals surface area contributed by atoms with Crippen molar-refractivity contribution in [2.45, 2.75) is 126 Å². The van der Waals surface area contributed by atoms with Gasteiger partial charge in [-0.3, -0.25) is 9.59 Å². The fraction of sp³-hybridized carbons (Fsp3) is 0.396. The van der Waals surface area contributed by atoms with Gasteiger partial charge in [0.25, 0.3) is 0 Å². The van der Waals surface area contributed by atoms with Crippen LogP contribution in [0.3, 0.4) is 0 Å². The lowest BCUT2D eigenvalue weighted by Gasteiger charge is -2.07. The van der Waals surface area contributed by atoms with Gasteiger partial charge >= 0.3 is 0 Å². The number of fused-ring (bicyclic) bond motifs is 8. The molecule has 0 aromatic carbocycles. The molecule has 5 aromatic heterocycles. The predicted octanol–water partition coefficient (Wildman–Crippen LogP) is 7.35. The maximum atomic E-state index is 13.3. The van der Waals surface area contributed by atoms with Crippen LogP contribution in [0.2, 0.25) is 0 Å². The van der Waals surface area contributed by atoms with Gasteiger partial charge in [0.05, 0.1) is 35.5 Å². The number of aromatic amines is 5. The van der Waals surface area contributed by atoms with Crippen LogP contribution in [0.15, 0.2) is 68.7 Å². The fourth-order valence-electron chi connectivity index (χ4n) is 9.92. The third-order valence-corrected chi connectivity index (χ3v) is 13.7. The molecule has 0 fully saturated rings. The maximum absolute atomic E-state index is 13.3. The lowest BCUT2D eigenvalue weighted by molar-refractivity contribution is -0.121. The molecule has 3 aliphatic heterocycles. The van der Waals surface area contributed by atoms with Crippen molar-refractivity contribution in [3.8, 4) is 0 Å². The summed E-state index contributed by atoms with van der Waals surface area (Å²) in [4.78, 5) is 63.3. The van der Waals surface area contributed by atoms with Gasteiger partial charge in [-0.2, -0.15) is 0 Å². The van der Waals surface area contributed by atoms with E-state index in [0.717, 1.165) is 111 Å². The van der Waals surface area contributed by atoms with Gasteiger partial charge in [-0.25, -0.2) is 20.0 Å². The number of hydrogen-bond acceptors (Lipinski definition) is 6. The molecular weight excluding hydrogens is 823 g/mol. The van der Waals surface area contributed by atoms with Gasteiger partial charge in [0, 0.05) is 102 Å². The van der Waals surface area contributed by atoms with Crippen LogP contribution >= 0.6 is 0 Å². The molecule has 0 atom stereocenters. The summed E-state index contributed by atoms with van der Waals surface area (Å²) in [6.07, 6.45) is 23.0. The minimum absolute atomic E-state index is 0.00616. The van der Waals surface area contributed by atoms with Gasteiger partial charge in [0.2, 0.25) is 11.8 Å². The normalized spacial score (nSPS) is 17.3. The standard InChI is InChI=1S/C53H65N11O2/c1-9-36-30(5)42-21-43-31(6)37(10-2)47(61-43)23-45-33(8)41(14-16-53(66)57-20-18-35-27-55-29-59-35)51(63-45)25-49-39(12-4)38(11-3)48(64-49)24-50-40(32(7)44(62-50)22-46(36)60-42)13-15-52(65)56-19-17-34-26-54-28-58-34/h22-29,60-61,64H,9-21H2,1-8H3,(H,54,58)(H,55,59)(H,56,65)(H,57,66)/b44-22-,45-23-,48-24-,49-25-. The maximum Gasteiger partial charge on any atom is 0.220 e. The van der Waals surface area contributed by atoms with E-state index in [0.29, 0.717) is 51.6 Å². The Morgan fingerprint density at radius 3 is 1.36 bits per heavy atom. The van der Waals surface area contributed by atoms with E-state index in [9.17, 15) is 9.59 Å². The summed E-state index contributed by atoms with van der Waals surface area (Å²) in [6.45, 7) is 18.6. The van der Waals surface area contributed by atoms with Crippen molar-refractivity contribution < 1.29 is 9.59 Å². The smallest absolute Gasteiger partial charge is 0.220 e. The summed E-state index contributed by atoms with van der Waals surface area (Å²) in [5, 5.41) is 8.22. The number of nitrogens with zero attached hydrogens (tertiary/aromatic N) is 4. The van der Waals surface area contributed by atoms with E-state index in [1.54, 1.807) is 25.0 Å². The minimum Gasteiger partial charge on any atom is -0.358 e. The summed E-state index contributed by atoms with van der Waals surface area (Å²) >= 11 is 0. The third kappa shape index (κ3) is 9.61. The topological polar surface area (TPSA) is 188 Å². The van der Waals surface area contributed by atoms with Gasteiger partial charge < -0.3 is 35.6 Å². The molecule has 3 aliphatic rings. The second-order valence-corrected chi connectivity index (χ2v) is 17.6. The molecule has 7 N–H and O–H groups in total. The molecule has 0 spiro atoms. The number of imidazole rings is 2. The van der Waals surface area contributed by atoms with Crippen LogP contribution in [-0.2, 0) is 54.5 Å². The number of carbonyl (C=O) groups excluding carboxylic acids is 2. The largest absolute Gasteiger partial charge is 0.358 e. The molecule has 8 rings (SSSR count). The SMILES string of the molecule is CCc1c2[nH]c(c1C)Cc1[nH]c(c(CC)c1C)/C=C1N=C(/C=c3\[nH]/c(c(CC)c3CC)=C\C3=NC(=C\2)/C(C)=C3CCC(=O)NCCc2cnc[nH]2)C(CCC(=O)NCCc2cnc[nH]2)=C\1C. The molecular formula is C53H65N11O2. The van der Waals surface area contributed by atoms with E-state index in [1.165, 1.54) is 44.8 Å². The van der Waals surface area contributed by atoms with Crippen molar-refractivity contribution in [1.29, 1.82) is 0 Å². The molecule has 0 aliphatic carbocycles. The Kier molecular flexibility index (Phi) is 14.0. The lowest BCUT2D eigenvalue weighted by Crippen LogP contribution is -2.26. The average Bonchev–Trinajstić information content (AvgIpc) is 4.19. The lowest BCUT2D eigenvalue weighted by atomic mass is 9.98. The van der Waals surface area contributed by atoms with Crippen molar-refractivity contribution in [2.75, 3.05) is 13.1 Å². The zero-order valence-corrected chi connectivity index (χ0v) is 39.9. The molecule has 0 unspecified atom stereocenters. The third-order valence-electron chi connectivity index (χ3n) is 13.7. The first kappa shape index (κ1) is 45.8. The molecule has 13 nitrogen and oxygen atoms in total. The fourth-order valence-corrected chi connectivity index (χ4v) is 9.92. The molecule has 10 bridgehead atoms. The Morgan fingerprint density at radius 1 is 0.561 bits per heavy atom. The number of allylic oxidation sites excluding steroid dienone is 4. The van der Waals surface area contributed by atoms with E-state index in [4.69, 9.17) is 9.98 Å². The number of rotatable bonds is 16. The Labute approximate surface area is 387 Å². The van der Waals surface area contributed by atoms with Crippen molar-refractivity contribution in [3.05, 3.63) is 137 Å². The summed E-state index contributed by atoms with van der Waals surface area (Å²) in [7, 11) is 0. The predicted molar refractivity (Wildman–Crippen MR) is 266 cm³/mol. The highest BCUT2D eigenvalue weighted by atomic mass is 16.2. The highest BCUT2D eigenvalue weighted by molar-refractivity contribution is 6.24. The molecule has 66 heavy (non-hydrogen) atoms. The number of H-pyrrole nitrogens is 5. The van der Waals surface area contributed by atoms with E-state index >= 15 is 0 Å². The minimum atomic E-state index is 0.00616. The van der Waals surface area contributed by atoms with Crippen molar-refractivity contribution in [3.63, 3.8) is 0 Å². The van der Waals surface area contributed by atoms with Gasteiger partial charge in [-0.1, -0.05) is 27.7 Å². The van der Waals surface area contributed by atoms with Gasteiger partial charge in [0.1, 0.15) is 0 Å². The molecule has 0 saturated heterocycles. The van der Waals surface area contributed by atoms with Crippen molar-refractivity contribution in [2.24, 2.45) is 9.98 Å². The Balaban J connectivity index is 1.23. The quantitative estimate of drug-likeness (QED) is 0.0546. The van der Waals surface area contributed by atoms with Crippen LogP contribution in [0, 0.1) is 13.8 Å². The van der Waals surface area contributed by atoms with E-state index < -0.39 is 0 Å². The number of hydrogen-bond donors (Lipinski definition) is 7. The van der Waals surface area contributed by atoms with Crippen LogP contribution in [-0.4, -0.2) is 71.2 Å². The van der Waals surface area contributed by atoms with Gasteiger partial charge in [-0.15, -0.1) is 0 Å². The Bertz CT molecular complexity index is 2760. The number of carbonyl (C=O) groups is 2. The van der Waals surface area contributed by atoms with E-state index in [2.05, 4.69) is 125 Å². The van der Waals surface area contributed by atoms with E-state index in [-0.39, 0.29) is 11.8 Å². The van der Waals surface area contributed by atoms with E-state index in [1.807, 2.05) is 0 Å². The molecule has 5 aromatic rings.